The molecule has 0 aliphatic carbocycles. The van der Waals surface area contributed by atoms with E-state index in [2.05, 4.69) is 0 Å². The van der Waals surface area contributed by atoms with Gasteiger partial charge in [0.15, 0.2) is 0 Å². The lowest BCUT2D eigenvalue weighted by molar-refractivity contribution is -0.0250. The first kappa shape index (κ1) is 12.2. The van der Waals surface area contributed by atoms with Gasteiger partial charge in [-0.1, -0.05) is 35.3 Å². The Morgan fingerprint density at radius 2 is 2.19 bits per heavy atom. The van der Waals surface area contributed by atoms with Crippen LogP contribution in [0.25, 0.3) is 0 Å². The minimum absolute atomic E-state index is 0.00931. The maximum atomic E-state index is 6.20. The summed E-state index contributed by atoms with van der Waals surface area (Å²) in [5.74, 6) is 0.338. The monoisotopic (exact) mass is 259 g/mol. The van der Waals surface area contributed by atoms with E-state index in [0.717, 1.165) is 25.0 Å². The maximum absolute atomic E-state index is 6.20. The van der Waals surface area contributed by atoms with Crippen molar-refractivity contribution in [3.05, 3.63) is 33.8 Å². The zero-order chi connectivity index (χ0) is 11.5. The third-order valence-corrected chi connectivity index (χ3v) is 3.87. The van der Waals surface area contributed by atoms with Crippen LogP contribution in [0.3, 0.4) is 0 Å². The van der Waals surface area contributed by atoms with E-state index in [1.807, 2.05) is 12.1 Å². The summed E-state index contributed by atoms with van der Waals surface area (Å²) in [5.41, 5.74) is 6.73. The summed E-state index contributed by atoms with van der Waals surface area (Å²) in [6.45, 7) is 1.39. The molecule has 1 heterocycles. The zero-order valence-corrected chi connectivity index (χ0v) is 10.5. The Balaban J connectivity index is 2.30. The van der Waals surface area contributed by atoms with Gasteiger partial charge in [0, 0.05) is 18.1 Å². The van der Waals surface area contributed by atoms with Crippen molar-refractivity contribution in [1.82, 2.24) is 0 Å². The predicted molar refractivity (Wildman–Crippen MR) is 66.9 cm³/mol. The molecule has 1 aliphatic rings. The SMILES string of the molecule is NCC1CCCOC1c1cccc(Cl)c1Cl. The van der Waals surface area contributed by atoms with Gasteiger partial charge in [-0.3, -0.25) is 0 Å². The van der Waals surface area contributed by atoms with Gasteiger partial charge in [0.2, 0.25) is 0 Å². The zero-order valence-electron chi connectivity index (χ0n) is 8.96. The van der Waals surface area contributed by atoms with E-state index in [9.17, 15) is 0 Å². The maximum Gasteiger partial charge on any atom is 0.0880 e. The highest BCUT2D eigenvalue weighted by Crippen LogP contribution is 2.38. The topological polar surface area (TPSA) is 35.2 Å². The van der Waals surface area contributed by atoms with Gasteiger partial charge in [-0.25, -0.2) is 0 Å². The average molecular weight is 260 g/mol. The quantitative estimate of drug-likeness (QED) is 0.884. The van der Waals surface area contributed by atoms with Crippen LogP contribution in [0.15, 0.2) is 18.2 Å². The van der Waals surface area contributed by atoms with Crippen LogP contribution in [0.5, 0.6) is 0 Å². The van der Waals surface area contributed by atoms with E-state index < -0.39 is 0 Å². The van der Waals surface area contributed by atoms with Crippen LogP contribution in [0.2, 0.25) is 10.0 Å². The second-order valence-electron chi connectivity index (χ2n) is 4.07. The van der Waals surface area contributed by atoms with E-state index in [4.69, 9.17) is 33.7 Å². The molecule has 2 atom stereocenters. The van der Waals surface area contributed by atoms with E-state index >= 15 is 0 Å². The van der Waals surface area contributed by atoms with Gasteiger partial charge < -0.3 is 10.5 Å². The first-order valence-corrected chi connectivity index (χ1v) is 6.25. The van der Waals surface area contributed by atoms with Crippen LogP contribution in [0, 0.1) is 5.92 Å². The van der Waals surface area contributed by atoms with Crippen LogP contribution >= 0.6 is 23.2 Å². The lowest BCUT2D eigenvalue weighted by atomic mass is 9.89. The smallest absolute Gasteiger partial charge is 0.0880 e. The average Bonchev–Trinajstić information content (AvgIpc) is 2.33. The molecular weight excluding hydrogens is 245 g/mol. The van der Waals surface area contributed by atoms with Gasteiger partial charge in [-0.05, 0) is 25.5 Å². The molecular formula is C12H15Cl2NO. The van der Waals surface area contributed by atoms with Crippen LogP contribution < -0.4 is 5.73 Å². The number of hydrogen-bond donors (Lipinski definition) is 1. The molecule has 2 unspecified atom stereocenters. The molecule has 4 heteroatoms. The Morgan fingerprint density at radius 1 is 1.38 bits per heavy atom. The van der Waals surface area contributed by atoms with Crippen molar-refractivity contribution in [2.75, 3.05) is 13.2 Å². The first-order valence-electron chi connectivity index (χ1n) is 5.49. The van der Waals surface area contributed by atoms with Crippen molar-refractivity contribution in [1.29, 1.82) is 0 Å². The highest BCUT2D eigenvalue weighted by Gasteiger charge is 2.28. The second-order valence-corrected chi connectivity index (χ2v) is 4.86. The highest BCUT2D eigenvalue weighted by molar-refractivity contribution is 6.42. The predicted octanol–water partition coefficient (Wildman–Crippen LogP) is 3.42. The molecule has 1 aromatic rings. The van der Waals surface area contributed by atoms with E-state index in [-0.39, 0.29) is 6.10 Å². The minimum atomic E-state index is -0.00931. The lowest BCUT2D eigenvalue weighted by Crippen LogP contribution is -2.28. The lowest BCUT2D eigenvalue weighted by Gasteiger charge is -2.31. The Hall–Kier alpha value is -0.280. The third-order valence-electron chi connectivity index (χ3n) is 3.04. The van der Waals surface area contributed by atoms with Crippen molar-refractivity contribution in [2.24, 2.45) is 11.7 Å². The highest BCUT2D eigenvalue weighted by atomic mass is 35.5. The van der Waals surface area contributed by atoms with E-state index in [1.165, 1.54) is 0 Å². The summed E-state index contributed by atoms with van der Waals surface area (Å²) in [6.07, 6.45) is 2.14. The van der Waals surface area contributed by atoms with Gasteiger partial charge in [-0.2, -0.15) is 0 Å². The molecule has 1 fully saturated rings. The molecule has 0 bridgehead atoms. The molecule has 1 saturated heterocycles. The normalized spacial score (nSPS) is 25.7. The van der Waals surface area contributed by atoms with E-state index in [1.54, 1.807) is 6.07 Å². The molecule has 0 amide bonds. The fourth-order valence-electron chi connectivity index (χ4n) is 2.17. The van der Waals surface area contributed by atoms with Crippen LogP contribution in [0.1, 0.15) is 24.5 Å². The summed E-state index contributed by atoms with van der Waals surface area (Å²) in [7, 11) is 0. The molecule has 88 valence electrons. The van der Waals surface area contributed by atoms with Crippen LogP contribution in [0.4, 0.5) is 0 Å². The first-order chi connectivity index (χ1) is 7.74. The van der Waals surface area contributed by atoms with Crippen molar-refractivity contribution < 1.29 is 4.74 Å². The molecule has 16 heavy (non-hydrogen) atoms. The van der Waals surface area contributed by atoms with E-state index in [0.29, 0.717) is 22.5 Å². The molecule has 2 N–H and O–H groups in total. The van der Waals surface area contributed by atoms with Gasteiger partial charge >= 0.3 is 0 Å². The Morgan fingerprint density at radius 3 is 2.94 bits per heavy atom. The second kappa shape index (κ2) is 5.37. The fraction of sp³-hybridized carbons (Fsp3) is 0.500. The molecule has 1 aliphatic heterocycles. The van der Waals surface area contributed by atoms with Crippen molar-refractivity contribution in [3.8, 4) is 0 Å². The van der Waals surface area contributed by atoms with Crippen LogP contribution in [-0.4, -0.2) is 13.2 Å². The summed E-state index contributed by atoms with van der Waals surface area (Å²) >= 11 is 12.2. The Kier molecular flexibility index (Phi) is 4.09. The van der Waals surface area contributed by atoms with Gasteiger partial charge in [0.1, 0.15) is 0 Å². The molecule has 2 rings (SSSR count). The summed E-state index contributed by atoms with van der Waals surface area (Å²) in [5, 5.41) is 1.17. The fourth-order valence-corrected chi connectivity index (χ4v) is 2.58. The summed E-state index contributed by atoms with van der Waals surface area (Å²) < 4.78 is 5.78. The number of halogens is 2. The van der Waals surface area contributed by atoms with Crippen molar-refractivity contribution in [3.63, 3.8) is 0 Å². The molecule has 0 spiro atoms. The molecule has 1 aromatic carbocycles. The molecule has 2 nitrogen and oxygen atoms in total. The van der Waals surface area contributed by atoms with Gasteiger partial charge in [0.05, 0.1) is 16.1 Å². The Bertz CT molecular complexity index is 370. The molecule has 0 radical (unpaired) electrons. The number of nitrogens with two attached hydrogens (primary N) is 1. The van der Waals surface area contributed by atoms with Crippen molar-refractivity contribution >= 4 is 23.2 Å². The van der Waals surface area contributed by atoms with Gasteiger partial charge in [-0.15, -0.1) is 0 Å². The number of rotatable bonds is 2. The third kappa shape index (κ3) is 2.35. The number of hydrogen-bond acceptors (Lipinski definition) is 2. The largest absolute Gasteiger partial charge is 0.373 e. The standard InChI is InChI=1S/C12H15Cl2NO/c13-10-5-1-4-9(11(10)14)12-8(7-15)3-2-6-16-12/h1,4-5,8,12H,2-3,6-7,15H2. The minimum Gasteiger partial charge on any atom is -0.373 e. The van der Waals surface area contributed by atoms with Crippen molar-refractivity contribution in [2.45, 2.75) is 18.9 Å². The number of ether oxygens (including phenoxy) is 1. The number of benzene rings is 1. The molecule has 0 aromatic heterocycles. The summed E-state index contributed by atoms with van der Waals surface area (Å²) in [6, 6.07) is 5.65. The van der Waals surface area contributed by atoms with Crippen LogP contribution in [-0.2, 0) is 4.74 Å². The summed E-state index contributed by atoms with van der Waals surface area (Å²) in [4.78, 5) is 0. The molecule has 0 saturated carbocycles. The van der Waals surface area contributed by atoms with Gasteiger partial charge in [0.25, 0.3) is 0 Å². The Labute approximate surface area is 106 Å².